The van der Waals surface area contributed by atoms with Gasteiger partial charge in [0.05, 0.1) is 12.7 Å². The molecule has 0 saturated carbocycles. The highest BCUT2D eigenvalue weighted by molar-refractivity contribution is 7.98. The predicted octanol–water partition coefficient (Wildman–Crippen LogP) is 4.19. The van der Waals surface area contributed by atoms with E-state index in [9.17, 15) is 4.79 Å². The molecular weight excluding hydrogens is 342 g/mol. The van der Waals surface area contributed by atoms with Gasteiger partial charge in [-0.2, -0.15) is 9.36 Å². The van der Waals surface area contributed by atoms with E-state index in [4.69, 9.17) is 4.74 Å². The van der Waals surface area contributed by atoms with Gasteiger partial charge in [-0.1, -0.05) is 24.3 Å². The second kappa shape index (κ2) is 7.46. The van der Waals surface area contributed by atoms with E-state index in [1.165, 1.54) is 11.8 Å². The van der Waals surface area contributed by atoms with E-state index >= 15 is 0 Å². The number of thioether (sulfide) groups is 1. The Hall–Kier alpha value is -2.38. The summed E-state index contributed by atoms with van der Waals surface area (Å²) in [5.41, 5.74) is 1.47. The standard InChI is InChI=1S/C17H15N3O2S2/c1-22-12-7-5-6-11(10-12)15-18-17(24-20-15)19-16(21)13-8-3-4-9-14(13)23-2/h3-10H,1-2H3,(H,18,19,20,21). The topological polar surface area (TPSA) is 64.1 Å². The smallest absolute Gasteiger partial charge is 0.258 e. The van der Waals surface area contributed by atoms with Gasteiger partial charge in [-0.25, -0.2) is 0 Å². The molecule has 1 aromatic heterocycles. The van der Waals surface area contributed by atoms with Gasteiger partial charge < -0.3 is 4.74 Å². The first-order valence-electron chi connectivity index (χ1n) is 7.14. The maximum absolute atomic E-state index is 12.4. The quantitative estimate of drug-likeness (QED) is 0.694. The number of hydrogen-bond acceptors (Lipinski definition) is 6. The molecule has 0 bridgehead atoms. The number of carbonyl (C=O) groups is 1. The van der Waals surface area contributed by atoms with Gasteiger partial charge in [0, 0.05) is 22.0 Å². The summed E-state index contributed by atoms with van der Waals surface area (Å²) in [7, 11) is 1.61. The molecule has 0 saturated heterocycles. The fourth-order valence-electron chi connectivity index (χ4n) is 2.15. The molecule has 0 aliphatic heterocycles. The van der Waals surface area contributed by atoms with E-state index in [2.05, 4.69) is 14.7 Å². The Bertz CT molecular complexity index is 864. The summed E-state index contributed by atoms with van der Waals surface area (Å²) in [6, 6.07) is 15.0. The molecular formula is C17H15N3O2S2. The Morgan fingerprint density at radius 2 is 2.04 bits per heavy atom. The molecule has 0 atom stereocenters. The monoisotopic (exact) mass is 357 g/mol. The number of carbonyl (C=O) groups excluding carboxylic acids is 1. The number of anilines is 1. The molecule has 0 spiro atoms. The molecule has 0 aliphatic rings. The molecule has 7 heteroatoms. The number of amides is 1. The lowest BCUT2D eigenvalue weighted by atomic mass is 10.2. The van der Waals surface area contributed by atoms with E-state index in [0.717, 1.165) is 27.7 Å². The number of methoxy groups -OCH3 is 1. The van der Waals surface area contributed by atoms with Crippen LogP contribution in [-0.4, -0.2) is 28.6 Å². The van der Waals surface area contributed by atoms with Crippen molar-refractivity contribution in [1.29, 1.82) is 0 Å². The second-order valence-electron chi connectivity index (χ2n) is 4.81. The van der Waals surface area contributed by atoms with Gasteiger partial charge in [0.2, 0.25) is 5.13 Å². The fraction of sp³-hybridized carbons (Fsp3) is 0.118. The molecule has 1 N–H and O–H groups in total. The number of benzene rings is 2. The molecule has 0 fully saturated rings. The van der Waals surface area contributed by atoms with E-state index in [1.807, 2.05) is 48.7 Å². The summed E-state index contributed by atoms with van der Waals surface area (Å²) in [6.07, 6.45) is 1.94. The molecule has 2 aromatic carbocycles. The second-order valence-corrected chi connectivity index (χ2v) is 6.41. The van der Waals surface area contributed by atoms with Crippen LogP contribution in [0.1, 0.15) is 10.4 Å². The highest BCUT2D eigenvalue weighted by Crippen LogP contribution is 2.26. The molecule has 24 heavy (non-hydrogen) atoms. The van der Waals surface area contributed by atoms with Crippen LogP contribution in [-0.2, 0) is 0 Å². The molecule has 0 aliphatic carbocycles. The number of ether oxygens (including phenoxy) is 1. The fourth-order valence-corrected chi connectivity index (χ4v) is 3.33. The van der Waals surface area contributed by atoms with Gasteiger partial charge in [0.25, 0.3) is 5.91 Å². The molecule has 3 aromatic rings. The van der Waals surface area contributed by atoms with Crippen molar-refractivity contribution in [3.8, 4) is 17.1 Å². The van der Waals surface area contributed by atoms with Crippen LogP contribution >= 0.6 is 23.3 Å². The Labute approximate surface area is 148 Å². The van der Waals surface area contributed by atoms with Crippen LogP contribution in [0.5, 0.6) is 5.75 Å². The summed E-state index contributed by atoms with van der Waals surface area (Å²) < 4.78 is 9.51. The van der Waals surface area contributed by atoms with Crippen molar-refractivity contribution < 1.29 is 9.53 Å². The lowest BCUT2D eigenvalue weighted by molar-refractivity contribution is 0.102. The van der Waals surface area contributed by atoms with E-state index < -0.39 is 0 Å². The van der Waals surface area contributed by atoms with E-state index in [0.29, 0.717) is 16.5 Å². The van der Waals surface area contributed by atoms with Crippen molar-refractivity contribution in [3.05, 3.63) is 54.1 Å². The van der Waals surface area contributed by atoms with Crippen LogP contribution in [0, 0.1) is 0 Å². The first-order chi connectivity index (χ1) is 11.7. The zero-order valence-corrected chi connectivity index (χ0v) is 14.8. The average Bonchev–Trinajstić information content (AvgIpc) is 3.10. The third-order valence-corrected chi connectivity index (χ3v) is 4.75. The third kappa shape index (κ3) is 3.58. The Morgan fingerprint density at radius 1 is 1.21 bits per heavy atom. The summed E-state index contributed by atoms with van der Waals surface area (Å²) in [5, 5.41) is 3.28. The van der Waals surface area contributed by atoms with Gasteiger partial charge in [0.15, 0.2) is 5.82 Å². The number of aromatic nitrogens is 2. The summed E-state index contributed by atoms with van der Waals surface area (Å²) >= 11 is 2.69. The minimum Gasteiger partial charge on any atom is -0.497 e. The van der Waals surface area contributed by atoms with Crippen LogP contribution in [0.15, 0.2) is 53.4 Å². The predicted molar refractivity (Wildman–Crippen MR) is 98.1 cm³/mol. The highest BCUT2D eigenvalue weighted by Gasteiger charge is 2.14. The van der Waals surface area contributed by atoms with E-state index in [1.54, 1.807) is 13.2 Å². The zero-order valence-electron chi connectivity index (χ0n) is 13.1. The lowest BCUT2D eigenvalue weighted by Crippen LogP contribution is -2.12. The van der Waals surface area contributed by atoms with Gasteiger partial charge in [-0.05, 0) is 30.5 Å². The third-order valence-electron chi connectivity index (χ3n) is 3.33. The first kappa shape index (κ1) is 16.5. The first-order valence-corrected chi connectivity index (χ1v) is 9.13. The molecule has 0 unspecified atom stereocenters. The average molecular weight is 357 g/mol. The van der Waals surface area contributed by atoms with Gasteiger partial charge >= 0.3 is 0 Å². The van der Waals surface area contributed by atoms with Crippen LogP contribution in [0.2, 0.25) is 0 Å². The Morgan fingerprint density at radius 3 is 2.83 bits per heavy atom. The van der Waals surface area contributed by atoms with Gasteiger partial charge in [-0.15, -0.1) is 11.8 Å². The van der Waals surface area contributed by atoms with Crippen LogP contribution < -0.4 is 10.1 Å². The normalized spacial score (nSPS) is 10.4. The largest absolute Gasteiger partial charge is 0.497 e. The van der Waals surface area contributed by atoms with Crippen LogP contribution in [0.25, 0.3) is 11.4 Å². The van der Waals surface area contributed by atoms with Crippen LogP contribution in [0.3, 0.4) is 0 Å². The lowest BCUT2D eigenvalue weighted by Gasteiger charge is -2.05. The van der Waals surface area contributed by atoms with Crippen molar-refractivity contribution in [2.45, 2.75) is 4.90 Å². The SMILES string of the molecule is COc1cccc(-c2nsc(NC(=O)c3ccccc3SC)n2)c1. The zero-order chi connectivity index (χ0) is 16.9. The Balaban J connectivity index is 1.79. The highest BCUT2D eigenvalue weighted by atomic mass is 32.2. The maximum Gasteiger partial charge on any atom is 0.258 e. The van der Waals surface area contributed by atoms with Crippen molar-refractivity contribution in [2.75, 3.05) is 18.7 Å². The molecule has 122 valence electrons. The van der Waals surface area contributed by atoms with Crippen molar-refractivity contribution >= 4 is 34.3 Å². The van der Waals surface area contributed by atoms with Gasteiger partial charge in [-0.3, -0.25) is 10.1 Å². The van der Waals surface area contributed by atoms with Crippen molar-refractivity contribution in [2.24, 2.45) is 0 Å². The Kier molecular flexibility index (Phi) is 5.12. The maximum atomic E-state index is 12.4. The number of nitrogens with zero attached hydrogens (tertiary/aromatic N) is 2. The minimum absolute atomic E-state index is 0.187. The molecule has 3 rings (SSSR count). The molecule has 1 heterocycles. The number of hydrogen-bond donors (Lipinski definition) is 1. The molecule has 0 radical (unpaired) electrons. The minimum atomic E-state index is -0.187. The summed E-state index contributed by atoms with van der Waals surface area (Å²) in [4.78, 5) is 17.7. The number of nitrogens with one attached hydrogen (secondary N) is 1. The van der Waals surface area contributed by atoms with Crippen LogP contribution in [0.4, 0.5) is 5.13 Å². The van der Waals surface area contributed by atoms with Gasteiger partial charge in [0.1, 0.15) is 5.75 Å². The van der Waals surface area contributed by atoms with Crippen molar-refractivity contribution in [1.82, 2.24) is 9.36 Å². The summed E-state index contributed by atoms with van der Waals surface area (Å²) in [5.74, 6) is 1.11. The molecule has 1 amide bonds. The van der Waals surface area contributed by atoms with Crippen molar-refractivity contribution in [3.63, 3.8) is 0 Å². The van der Waals surface area contributed by atoms with E-state index in [-0.39, 0.29) is 5.91 Å². The summed E-state index contributed by atoms with van der Waals surface area (Å²) in [6.45, 7) is 0. The number of rotatable bonds is 5. The molecule has 5 nitrogen and oxygen atoms in total.